The fourth-order valence-corrected chi connectivity index (χ4v) is 5.63. The second-order valence-corrected chi connectivity index (χ2v) is 12.3. The Morgan fingerprint density at radius 1 is 0.761 bits per heavy atom. The van der Waals surface area contributed by atoms with Gasteiger partial charge in [0.05, 0.1) is 12.1 Å². The van der Waals surface area contributed by atoms with Gasteiger partial charge in [0.15, 0.2) is 0 Å². The van der Waals surface area contributed by atoms with Crippen LogP contribution in [0.25, 0.3) is 32.7 Å². The minimum absolute atomic E-state index is 0.0260. The van der Waals surface area contributed by atoms with Gasteiger partial charge in [-0.25, -0.2) is 0 Å². The van der Waals surface area contributed by atoms with E-state index < -0.39 is 5.54 Å². The molecular formula is C37H44N8O. The predicted molar refractivity (Wildman–Crippen MR) is 190 cm³/mol. The summed E-state index contributed by atoms with van der Waals surface area (Å²) in [5, 5.41) is 23.9. The van der Waals surface area contributed by atoms with Gasteiger partial charge < -0.3 is 30.9 Å². The average Bonchev–Trinajstić information content (AvgIpc) is 3.77. The van der Waals surface area contributed by atoms with Crippen molar-refractivity contribution in [3.8, 4) is 0 Å². The fourth-order valence-electron chi connectivity index (χ4n) is 5.63. The molecule has 1 amide bonds. The summed E-state index contributed by atoms with van der Waals surface area (Å²) in [6.45, 7) is 5.88. The van der Waals surface area contributed by atoms with Crippen molar-refractivity contribution in [2.75, 3.05) is 13.1 Å². The maximum Gasteiger partial charge on any atom is 0.239 e. The normalized spacial score (nSPS) is 11.4. The highest BCUT2D eigenvalue weighted by Crippen LogP contribution is 2.21. The fraction of sp³-hybridized carbons (Fsp3) is 0.270. The molecule has 0 saturated carbocycles. The van der Waals surface area contributed by atoms with Crippen molar-refractivity contribution in [3.63, 3.8) is 0 Å². The molecule has 0 spiro atoms. The number of para-hydroxylation sites is 3. The van der Waals surface area contributed by atoms with Gasteiger partial charge in [-0.1, -0.05) is 54.6 Å². The maximum absolute atomic E-state index is 12.3. The van der Waals surface area contributed by atoms with Gasteiger partial charge in [0.2, 0.25) is 5.91 Å². The van der Waals surface area contributed by atoms with Crippen LogP contribution in [0.15, 0.2) is 91.4 Å². The zero-order valence-corrected chi connectivity index (χ0v) is 26.8. The smallest absolute Gasteiger partial charge is 0.239 e. The molecule has 0 saturated heterocycles. The van der Waals surface area contributed by atoms with Gasteiger partial charge in [0.25, 0.3) is 0 Å². The summed E-state index contributed by atoms with van der Waals surface area (Å²) >= 11 is 0. The van der Waals surface area contributed by atoms with Crippen molar-refractivity contribution in [2.45, 2.75) is 52.0 Å². The molecular weight excluding hydrogens is 572 g/mol. The molecule has 3 aromatic heterocycles. The molecule has 6 aromatic rings. The number of benzene rings is 3. The Morgan fingerprint density at radius 2 is 1.26 bits per heavy atom. The molecule has 6 rings (SSSR count). The second kappa shape index (κ2) is 14.3. The molecule has 0 aliphatic rings. The molecule has 0 bridgehead atoms. The third-order valence-electron chi connectivity index (χ3n) is 8.26. The molecule has 3 heterocycles. The Bertz CT molecular complexity index is 1950. The van der Waals surface area contributed by atoms with Crippen molar-refractivity contribution in [3.05, 3.63) is 108 Å². The van der Waals surface area contributed by atoms with Crippen molar-refractivity contribution in [1.82, 2.24) is 25.2 Å². The molecule has 0 atom stereocenters. The number of aromatic nitrogens is 3. The average molecular weight is 617 g/mol. The number of carbonyl (C=O) groups excluding carboxylic acids is 1. The standard InChI is InChI=1S/C28H35N7O.C9H9N/c1-28(2,31)27(36)34-18-26(30)35(15-14-20-17-33-24-12-6-4-10-22(20)24)25(29)13-7-8-19-16-32-23-11-5-3-9-21(19)23;1-7-6-10-9-5-3-2-4-8(7)9/h3-6,9-12,16-17,29-30,32-33H,7-8,13-15,18,31H2,1-2H3,(H,34,36);2-6,10H,1H3. The predicted octanol–water partition coefficient (Wildman–Crippen LogP) is 6.80. The number of H-pyrrole nitrogens is 3. The number of carbonyl (C=O) groups is 1. The number of amidine groups is 2. The summed E-state index contributed by atoms with van der Waals surface area (Å²) in [4.78, 5) is 23.7. The van der Waals surface area contributed by atoms with Crippen LogP contribution in [-0.4, -0.2) is 56.1 Å². The van der Waals surface area contributed by atoms with E-state index in [0.29, 0.717) is 25.2 Å². The molecule has 3 aromatic carbocycles. The molecule has 8 N–H and O–H groups in total. The lowest BCUT2D eigenvalue weighted by molar-refractivity contribution is -0.124. The number of rotatable bonds is 10. The van der Waals surface area contributed by atoms with E-state index in [2.05, 4.69) is 63.6 Å². The molecule has 0 aliphatic heterocycles. The lowest BCUT2D eigenvalue weighted by Crippen LogP contribution is -2.52. The maximum atomic E-state index is 12.3. The minimum Gasteiger partial charge on any atom is -0.361 e. The lowest BCUT2D eigenvalue weighted by atomic mass is 10.1. The van der Waals surface area contributed by atoms with Gasteiger partial charge in [-0.05, 0) is 74.9 Å². The summed E-state index contributed by atoms with van der Waals surface area (Å²) in [7, 11) is 0. The molecule has 238 valence electrons. The number of nitrogens with zero attached hydrogens (tertiary/aromatic N) is 1. The summed E-state index contributed by atoms with van der Waals surface area (Å²) in [5.74, 6) is 0.236. The number of nitrogens with two attached hydrogens (primary N) is 1. The van der Waals surface area contributed by atoms with Crippen molar-refractivity contribution < 1.29 is 4.79 Å². The van der Waals surface area contributed by atoms with Crippen molar-refractivity contribution >= 4 is 50.3 Å². The third kappa shape index (κ3) is 7.73. The van der Waals surface area contributed by atoms with E-state index in [4.69, 9.17) is 16.6 Å². The van der Waals surface area contributed by atoms with Crippen molar-refractivity contribution in [1.29, 1.82) is 10.8 Å². The molecule has 46 heavy (non-hydrogen) atoms. The third-order valence-corrected chi connectivity index (χ3v) is 8.26. The molecule has 0 fully saturated rings. The lowest BCUT2D eigenvalue weighted by Gasteiger charge is -2.27. The first kappa shape index (κ1) is 32.2. The van der Waals surface area contributed by atoms with Crippen LogP contribution in [0, 0.1) is 17.7 Å². The Labute approximate surface area is 269 Å². The quantitative estimate of drug-likeness (QED) is 0.0669. The van der Waals surface area contributed by atoms with Gasteiger partial charge in [-0.2, -0.15) is 0 Å². The van der Waals surface area contributed by atoms with Crippen LogP contribution in [0.3, 0.4) is 0 Å². The van der Waals surface area contributed by atoms with E-state index in [1.807, 2.05) is 55.0 Å². The molecule has 9 nitrogen and oxygen atoms in total. The first-order chi connectivity index (χ1) is 22.1. The SMILES string of the molecule is CC(C)(N)C(=O)NCC(=N)N(CCc1c[nH]c2ccccc12)C(=N)CCCc1c[nH]c2ccccc12.Cc1c[nH]c2ccccc12. The van der Waals surface area contributed by atoms with Gasteiger partial charge in [0.1, 0.15) is 11.7 Å². The molecule has 0 radical (unpaired) electrons. The highest BCUT2D eigenvalue weighted by atomic mass is 16.2. The van der Waals surface area contributed by atoms with Crippen LogP contribution in [0.2, 0.25) is 0 Å². The number of fused-ring (bicyclic) bond motifs is 3. The highest BCUT2D eigenvalue weighted by molar-refractivity contribution is 6.00. The van der Waals surface area contributed by atoms with Gasteiger partial charge in [-0.15, -0.1) is 0 Å². The monoisotopic (exact) mass is 616 g/mol. The van der Waals surface area contributed by atoms with E-state index in [9.17, 15) is 4.79 Å². The number of aryl methyl sites for hydroxylation is 2. The van der Waals surface area contributed by atoms with Crippen LogP contribution in [-0.2, 0) is 17.6 Å². The van der Waals surface area contributed by atoms with E-state index >= 15 is 0 Å². The van der Waals surface area contributed by atoms with E-state index in [-0.39, 0.29) is 18.3 Å². The zero-order valence-electron chi connectivity index (χ0n) is 26.8. The summed E-state index contributed by atoms with van der Waals surface area (Å²) < 4.78 is 0. The van der Waals surface area contributed by atoms with Gasteiger partial charge in [-0.3, -0.25) is 15.6 Å². The van der Waals surface area contributed by atoms with Crippen LogP contribution < -0.4 is 11.1 Å². The van der Waals surface area contributed by atoms with Crippen LogP contribution in [0.4, 0.5) is 0 Å². The molecule has 0 unspecified atom stereocenters. The topological polar surface area (TPSA) is 153 Å². The first-order valence-corrected chi connectivity index (χ1v) is 15.7. The van der Waals surface area contributed by atoms with Crippen LogP contribution in [0.5, 0.6) is 0 Å². The van der Waals surface area contributed by atoms with E-state index in [1.165, 1.54) is 27.4 Å². The van der Waals surface area contributed by atoms with Gasteiger partial charge in [0, 0.05) is 64.3 Å². The van der Waals surface area contributed by atoms with Crippen LogP contribution in [0.1, 0.15) is 43.4 Å². The Kier molecular flexibility index (Phi) is 10.0. The van der Waals surface area contributed by atoms with Crippen molar-refractivity contribution in [2.24, 2.45) is 5.73 Å². The van der Waals surface area contributed by atoms with Crippen LogP contribution >= 0.6 is 0 Å². The highest BCUT2D eigenvalue weighted by Gasteiger charge is 2.23. The number of aromatic amines is 3. The van der Waals surface area contributed by atoms with E-state index in [0.717, 1.165) is 34.8 Å². The largest absolute Gasteiger partial charge is 0.361 e. The second-order valence-electron chi connectivity index (χ2n) is 12.3. The number of hydrogen-bond acceptors (Lipinski definition) is 4. The van der Waals surface area contributed by atoms with E-state index in [1.54, 1.807) is 18.7 Å². The zero-order chi connectivity index (χ0) is 32.7. The molecule has 9 heteroatoms. The number of amides is 1. The summed E-state index contributed by atoms with van der Waals surface area (Å²) in [6, 6.07) is 24.6. The first-order valence-electron chi connectivity index (χ1n) is 15.7. The Morgan fingerprint density at radius 3 is 1.83 bits per heavy atom. The summed E-state index contributed by atoms with van der Waals surface area (Å²) in [6.07, 6.45) is 8.90. The molecule has 0 aliphatic carbocycles. The Balaban J connectivity index is 0.000000350. The summed E-state index contributed by atoms with van der Waals surface area (Å²) in [5.41, 5.74) is 12.0. The number of hydrogen-bond donors (Lipinski definition) is 7. The number of nitrogens with one attached hydrogen (secondary N) is 6. The Hall–Kier alpha value is -5.15. The van der Waals surface area contributed by atoms with Gasteiger partial charge >= 0.3 is 0 Å². The minimum atomic E-state index is -1.03.